The first-order chi connectivity index (χ1) is 14.3. The number of nitrogen functional groups attached to an aromatic ring is 1. The van der Waals surface area contributed by atoms with Crippen LogP contribution < -0.4 is 10.6 Å². The van der Waals surface area contributed by atoms with Crippen LogP contribution in [0.2, 0.25) is 0 Å². The molecule has 1 aliphatic rings. The molecule has 0 saturated carbocycles. The number of benzene rings is 2. The summed E-state index contributed by atoms with van der Waals surface area (Å²) in [7, 11) is -3.53. The van der Waals surface area contributed by atoms with Gasteiger partial charge in [0, 0.05) is 18.2 Å². The van der Waals surface area contributed by atoms with Gasteiger partial charge in [0.15, 0.2) is 9.84 Å². The number of hydrogen-bond acceptors (Lipinski definition) is 6. The fourth-order valence-corrected chi connectivity index (χ4v) is 4.57. The molecule has 156 valence electrons. The molecule has 4 rings (SSSR count). The van der Waals surface area contributed by atoms with Crippen LogP contribution in [0.15, 0.2) is 59.5 Å². The highest BCUT2D eigenvalue weighted by atomic mass is 32.2. The second-order valence-electron chi connectivity index (χ2n) is 7.43. The average Bonchev–Trinajstić information content (AvgIpc) is 3.25. The van der Waals surface area contributed by atoms with E-state index in [1.165, 1.54) is 11.0 Å². The van der Waals surface area contributed by atoms with E-state index in [0.717, 1.165) is 23.6 Å². The van der Waals surface area contributed by atoms with Gasteiger partial charge >= 0.3 is 0 Å². The molecule has 0 aliphatic carbocycles. The van der Waals surface area contributed by atoms with Crippen LogP contribution in [0, 0.1) is 0 Å². The minimum Gasteiger partial charge on any atom is -0.384 e. The van der Waals surface area contributed by atoms with Gasteiger partial charge in [-0.25, -0.2) is 13.4 Å². The highest BCUT2D eigenvalue weighted by Crippen LogP contribution is 2.29. The van der Waals surface area contributed by atoms with Crippen molar-refractivity contribution in [3.8, 4) is 0 Å². The summed E-state index contributed by atoms with van der Waals surface area (Å²) >= 11 is 0. The van der Waals surface area contributed by atoms with Gasteiger partial charge in [0.05, 0.1) is 22.6 Å². The monoisotopic (exact) mass is 425 g/mol. The lowest BCUT2D eigenvalue weighted by Crippen LogP contribution is -2.39. The summed E-state index contributed by atoms with van der Waals surface area (Å²) in [5.74, 6) is 0.165. The van der Waals surface area contributed by atoms with Crippen LogP contribution in [0.25, 0.3) is 10.9 Å². The van der Waals surface area contributed by atoms with E-state index in [0.29, 0.717) is 30.0 Å². The van der Waals surface area contributed by atoms with Crippen molar-refractivity contribution >= 4 is 38.2 Å². The first-order valence-electron chi connectivity index (χ1n) is 9.70. The van der Waals surface area contributed by atoms with Crippen LogP contribution >= 0.6 is 0 Å². The third kappa shape index (κ3) is 4.15. The Bertz CT molecular complexity index is 1200. The molecular weight excluding hydrogens is 402 g/mol. The van der Waals surface area contributed by atoms with Crippen molar-refractivity contribution in [3.05, 3.63) is 60.2 Å². The van der Waals surface area contributed by atoms with Crippen molar-refractivity contribution in [3.63, 3.8) is 0 Å². The largest absolute Gasteiger partial charge is 0.384 e. The van der Waals surface area contributed by atoms with Gasteiger partial charge in [-0.05, 0) is 48.7 Å². The van der Waals surface area contributed by atoms with Crippen LogP contribution in [0.1, 0.15) is 18.4 Å². The Hall–Kier alpha value is -2.97. The number of pyridine rings is 1. The first-order valence-corrected chi connectivity index (χ1v) is 11.6. The van der Waals surface area contributed by atoms with E-state index >= 15 is 0 Å². The summed E-state index contributed by atoms with van der Waals surface area (Å²) in [6, 6.07) is 15.8. The Morgan fingerprint density at radius 3 is 2.70 bits per heavy atom. The standard InChI is InChI=1S/C22H23N3O4S/c1-30(27,28)20-7-3-2-5-18(20)25(22(26)19-6-4-12-29-19)14-15-8-9-16-10-11-21(23)24-17(16)13-15/h2-3,5,7-11,13,19H,4,6,12,14H2,1H3,(H2,23,24)/t19-/m1/s1. The Morgan fingerprint density at radius 2 is 1.97 bits per heavy atom. The van der Waals surface area contributed by atoms with Crippen molar-refractivity contribution in [2.24, 2.45) is 0 Å². The molecule has 0 bridgehead atoms. The number of ether oxygens (including phenoxy) is 1. The van der Waals surface area contributed by atoms with Crippen LogP contribution in [0.3, 0.4) is 0 Å². The van der Waals surface area contributed by atoms with E-state index < -0.39 is 15.9 Å². The fraction of sp³-hybridized carbons (Fsp3) is 0.273. The number of rotatable bonds is 5. The summed E-state index contributed by atoms with van der Waals surface area (Å²) in [4.78, 5) is 19.3. The number of sulfone groups is 1. The van der Waals surface area contributed by atoms with Gasteiger partial charge < -0.3 is 15.4 Å². The first kappa shape index (κ1) is 20.3. The number of amides is 1. The minimum atomic E-state index is -3.53. The number of carbonyl (C=O) groups is 1. The molecule has 0 unspecified atom stereocenters. The number of fused-ring (bicyclic) bond motifs is 1. The summed E-state index contributed by atoms with van der Waals surface area (Å²) in [5.41, 5.74) is 7.69. The van der Waals surface area contributed by atoms with E-state index in [9.17, 15) is 13.2 Å². The number of anilines is 2. The molecule has 0 radical (unpaired) electrons. The normalized spacial score (nSPS) is 16.6. The Morgan fingerprint density at radius 1 is 1.20 bits per heavy atom. The predicted molar refractivity (Wildman–Crippen MR) is 116 cm³/mol. The maximum absolute atomic E-state index is 13.3. The Kier molecular flexibility index (Phi) is 5.44. The highest BCUT2D eigenvalue weighted by Gasteiger charge is 2.31. The molecule has 7 nitrogen and oxygen atoms in total. The van der Waals surface area contributed by atoms with Crippen LogP contribution in [0.4, 0.5) is 11.5 Å². The summed E-state index contributed by atoms with van der Waals surface area (Å²) < 4.78 is 30.3. The molecule has 2 heterocycles. The van der Waals surface area contributed by atoms with Crippen molar-refractivity contribution in [1.82, 2.24) is 4.98 Å². The average molecular weight is 426 g/mol. The Labute approximate surface area is 175 Å². The lowest BCUT2D eigenvalue weighted by Gasteiger charge is -2.27. The molecule has 1 aliphatic heterocycles. The fourth-order valence-electron chi connectivity index (χ4n) is 3.68. The maximum Gasteiger partial charge on any atom is 0.256 e. The molecule has 3 aromatic rings. The van der Waals surface area contributed by atoms with E-state index in [4.69, 9.17) is 10.5 Å². The molecular formula is C22H23N3O4S. The van der Waals surface area contributed by atoms with Crippen LogP contribution in [-0.4, -0.2) is 38.3 Å². The molecule has 1 amide bonds. The van der Waals surface area contributed by atoms with Crippen molar-refractivity contribution in [1.29, 1.82) is 0 Å². The molecule has 1 atom stereocenters. The third-order valence-corrected chi connectivity index (χ3v) is 6.29. The molecule has 8 heteroatoms. The quantitative estimate of drug-likeness (QED) is 0.674. The molecule has 1 saturated heterocycles. The summed E-state index contributed by atoms with van der Waals surface area (Å²) in [5, 5.41) is 0.932. The van der Waals surface area contributed by atoms with Gasteiger partial charge in [0.25, 0.3) is 5.91 Å². The van der Waals surface area contributed by atoms with Gasteiger partial charge in [-0.2, -0.15) is 0 Å². The highest BCUT2D eigenvalue weighted by molar-refractivity contribution is 7.90. The summed E-state index contributed by atoms with van der Waals surface area (Å²) in [6.45, 7) is 0.717. The number of para-hydroxylation sites is 1. The third-order valence-electron chi connectivity index (χ3n) is 5.15. The molecule has 30 heavy (non-hydrogen) atoms. The Balaban J connectivity index is 1.78. The van der Waals surface area contributed by atoms with Gasteiger partial charge in [-0.1, -0.05) is 24.3 Å². The van der Waals surface area contributed by atoms with E-state index in [-0.39, 0.29) is 17.3 Å². The van der Waals surface area contributed by atoms with Crippen molar-refractivity contribution < 1.29 is 17.9 Å². The van der Waals surface area contributed by atoms with Crippen molar-refractivity contribution in [2.45, 2.75) is 30.4 Å². The van der Waals surface area contributed by atoms with Gasteiger partial charge in [-0.15, -0.1) is 0 Å². The SMILES string of the molecule is CS(=O)(=O)c1ccccc1N(Cc1ccc2ccc(N)nc2c1)C(=O)[C@H]1CCCO1. The lowest BCUT2D eigenvalue weighted by atomic mass is 10.1. The van der Waals surface area contributed by atoms with E-state index in [2.05, 4.69) is 4.98 Å². The maximum atomic E-state index is 13.3. The molecule has 1 fully saturated rings. The minimum absolute atomic E-state index is 0.111. The molecule has 1 aromatic heterocycles. The number of carbonyl (C=O) groups excluding carboxylic acids is 1. The van der Waals surface area contributed by atoms with Gasteiger partial charge in [0.1, 0.15) is 11.9 Å². The second-order valence-corrected chi connectivity index (χ2v) is 9.41. The predicted octanol–water partition coefficient (Wildman–Crippen LogP) is 2.93. The topological polar surface area (TPSA) is 103 Å². The molecule has 2 aromatic carbocycles. The molecule has 2 N–H and O–H groups in total. The number of hydrogen-bond donors (Lipinski definition) is 1. The number of nitrogens with two attached hydrogens (primary N) is 1. The zero-order chi connectivity index (χ0) is 21.3. The van der Waals surface area contributed by atoms with E-state index in [1.807, 2.05) is 24.3 Å². The number of nitrogens with zero attached hydrogens (tertiary/aromatic N) is 2. The van der Waals surface area contributed by atoms with Gasteiger partial charge in [-0.3, -0.25) is 4.79 Å². The van der Waals surface area contributed by atoms with E-state index in [1.54, 1.807) is 24.3 Å². The van der Waals surface area contributed by atoms with Crippen molar-refractivity contribution in [2.75, 3.05) is 23.5 Å². The van der Waals surface area contributed by atoms with Gasteiger partial charge in [0.2, 0.25) is 0 Å². The second kappa shape index (κ2) is 8.04. The van der Waals surface area contributed by atoms with Crippen LogP contribution in [-0.2, 0) is 25.9 Å². The zero-order valence-electron chi connectivity index (χ0n) is 16.6. The lowest BCUT2D eigenvalue weighted by molar-refractivity contribution is -0.127. The smallest absolute Gasteiger partial charge is 0.256 e. The summed E-state index contributed by atoms with van der Waals surface area (Å²) in [6.07, 6.45) is 1.99. The zero-order valence-corrected chi connectivity index (χ0v) is 17.4. The molecule has 0 spiro atoms. The van der Waals surface area contributed by atoms with Crippen LogP contribution in [0.5, 0.6) is 0 Å². The number of aromatic nitrogens is 1.